The number of nitrogens with zero attached hydrogens (tertiary/aromatic N) is 1. The maximum absolute atomic E-state index is 10.5. The summed E-state index contributed by atoms with van der Waals surface area (Å²) in [6.07, 6.45) is 0.885. The van der Waals surface area contributed by atoms with Crippen molar-refractivity contribution in [2.45, 2.75) is 6.92 Å². The number of carbonyl (C=O) groups is 1. The van der Waals surface area contributed by atoms with E-state index in [0.29, 0.717) is 11.1 Å². The van der Waals surface area contributed by atoms with Crippen molar-refractivity contribution < 1.29 is 14.8 Å². The molecule has 0 fully saturated rings. The number of hydrogen-bond donors (Lipinski definition) is 1. The lowest BCUT2D eigenvalue weighted by molar-refractivity contribution is -0.401. The van der Waals surface area contributed by atoms with Crippen molar-refractivity contribution in [2.75, 3.05) is 0 Å². The third kappa shape index (κ3) is 2.91. The van der Waals surface area contributed by atoms with Gasteiger partial charge in [0.1, 0.15) is 0 Å². The maximum atomic E-state index is 10.5. The fraction of sp³-hybridized carbons (Fsp3) is 0.100. The summed E-state index contributed by atoms with van der Waals surface area (Å²) in [4.78, 5) is 20.2. The molecule has 5 nitrogen and oxygen atoms in total. The van der Waals surface area contributed by atoms with Crippen LogP contribution in [0.25, 0.3) is 5.57 Å². The highest BCUT2D eigenvalue weighted by Crippen LogP contribution is 2.14. The molecule has 0 aromatic heterocycles. The number of carboxylic acids is 1. The number of rotatable bonds is 3. The number of aromatic carboxylic acids is 1. The van der Waals surface area contributed by atoms with Gasteiger partial charge in [0.25, 0.3) is 0 Å². The molecule has 0 aliphatic carbocycles. The van der Waals surface area contributed by atoms with Crippen LogP contribution < -0.4 is 0 Å². The summed E-state index contributed by atoms with van der Waals surface area (Å²) in [6.45, 7) is 1.60. The number of nitro groups is 1. The largest absolute Gasteiger partial charge is 0.478 e. The molecule has 1 aromatic rings. The summed E-state index contributed by atoms with van der Waals surface area (Å²) in [6, 6.07) is 5.90. The first-order valence-corrected chi connectivity index (χ1v) is 4.16. The van der Waals surface area contributed by atoms with E-state index in [4.69, 9.17) is 5.11 Å². The summed E-state index contributed by atoms with van der Waals surface area (Å²) in [5.41, 5.74) is 1.28. The Morgan fingerprint density at radius 1 is 1.33 bits per heavy atom. The SMILES string of the molecule is C/C(=C\[N+](=O)[O-])c1ccc(C(=O)O)cc1. The van der Waals surface area contributed by atoms with Gasteiger partial charge in [-0.2, -0.15) is 0 Å². The Kier molecular flexibility index (Phi) is 3.17. The molecule has 15 heavy (non-hydrogen) atoms. The van der Waals surface area contributed by atoms with Crippen LogP contribution in [0.2, 0.25) is 0 Å². The van der Waals surface area contributed by atoms with Crippen LogP contribution in [0.5, 0.6) is 0 Å². The van der Waals surface area contributed by atoms with E-state index in [0.717, 1.165) is 6.20 Å². The van der Waals surface area contributed by atoms with Crippen LogP contribution in [-0.4, -0.2) is 16.0 Å². The van der Waals surface area contributed by atoms with Crippen LogP contribution in [0.3, 0.4) is 0 Å². The predicted molar refractivity (Wildman–Crippen MR) is 54.0 cm³/mol. The minimum Gasteiger partial charge on any atom is -0.478 e. The van der Waals surface area contributed by atoms with Gasteiger partial charge in [0.15, 0.2) is 0 Å². The van der Waals surface area contributed by atoms with Gasteiger partial charge in [-0.05, 0) is 24.6 Å². The van der Waals surface area contributed by atoms with E-state index in [-0.39, 0.29) is 5.56 Å². The summed E-state index contributed by atoms with van der Waals surface area (Å²) in [7, 11) is 0. The Balaban J connectivity index is 2.99. The molecule has 0 saturated carbocycles. The molecule has 0 saturated heterocycles. The molecule has 5 heteroatoms. The zero-order chi connectivity index (χ0) is 11.4. The molecule has 0 unspecified atom stereocenters. The predicted octanol–water partition coefficient (Wildman–Crippen LogP) is 2.02. The van der Waals surface area contributed by atoms with Gasteiger partial charge in [0.05, 0.1) is 10.5 Å². The minimum atomic E-state index is -1.02. The maximum Gasteiger partial charge on any atom is 0.335 e. The van der Waals surface area contributed by atoms with Crippen molar-refractivity contribution >= 4 is 11.5 Å². The van der Waals surface area contributed by atoms with E-state index in [1.807, 2.05) is 0 Å². The highest BCUT2D eigenvalue weighted by molar-refractivity contribution is 5.88. The second-order valence-corrected chi connectivity index (χ2v) is 2.98. The normalized spacial score (nSPS) is 11.1. The van der Waals surface area contributed by atoms with Gasteiger partial charge < -0.3 is 5.11 Å². The molecule has 0 atom stereocenters. The Hall–Kier alpha value is -2.17. The van der Waals surface area contributed by atoms with Gasteiger partial charge >= 0.3 is 5.97 Å². The van der Waals surface area contributed by atoms with Crippen LogP contribution >= 0.6 is 0 Å². The highest BCUT2D eigenvalue weighted by Gasteiger charge is 2.04. The van der Waals surface area contributed by atoms with Gasteiger partial charge in [-0.3, -0.25) is 10.1 Å². The molecule has 0 aliphatic heterocycles. The highest BCUT2D eigenvalue weighted by atomic mass is 16.6. The fourth-order valence-electron chi connectivity index (χ4n) is 1.11. The molecule has 0 spiro atoms. The van der Waals surface area contributed by atoms with E-state index in [9.17, 15) is 14.9 Å². The van der Waals surface area contributed by atoms with E-state index in [1.165, 1.54) is 12.1 Å². The number of benzene rings is 1. The molecule has 0 heterocycles. The standard InChI is InChI=1S/C10H9NO4/c1-7(6-11(14)15)8-2-4-9(5-3-8)10(12)13/h2-6H,1H3,(H,12,13)/b7-6+. The minimum absolute atomic E-state index is 0.160. The van der Waals surface area contributed by atoms with Crippen LogP contribution in [0.1, 0.15) is 22.8 Å². The van der Waals surface area contributed by atoms with Crippen molar-refractivity contribution in [3.05, 3.63) is 51.7 Å². The summed E-state index contributed by atoms with van der Waals surface area (Å²) < 4.78 is 0. The summed E-state index contributed by atoms with van der Waals surface area (Å²) >= 11 is 0. The molecular formula is C10H9NO4. The number of allylic oxidation sites excluding steroid dienone is 1. The zero-order valence-electron chi connectivity index (χ0n) is 8.01. The number of carboxylic acid groups (broad SMARTS) is 1. The van der Waals surface area contributed by atoms with Crippen LogP contribution in [0.4, 0.5) is 0 Å². The molecule has 0 amide bonds. The average Bonchev–Trinajstić information content (AvgIpc) is 2.17. The Morgan fingerprint density at radius 2 is 1.80 bits per heavy atom. The lowest BCUT2D eigenvalue weighted by Crippen LogP contribution is -1.95. The first-order chi connectivity index (χ1) is 7.00. The molecule has 0 radical (unpaired) electrons. The fourth-order valence-corrected chi connectivity index (χ4v) is 1.11. The second kappa shape index (κ2) is 4.36. The van der Waals surface area contributed by atoms with Crippen molar-refractivity contribution in [3.8, 4) is 0 Å². The molecule has 0 bridgehead atoms. The molecular weight excluding hydrogens is 198 g/mol. The molecule has 78 valence electrons. The topological polar surface area (TPSA) is 80.4 Å². The van der Waals surface area contributed by atoms with Gasteiger partial charge in [0.2, 0.25) is 6.20 Å². The Labute approximate surface area is 85.8 Å². The van der Waals surface area contributed by atoms with Crippen LogP contribution in [0, 0.1) is 10.1 Å². The molecule has 1 N–H and O–H groups in total. The van der Waals surface area contributed by atoms with E-state index >= 15 is 0 Å². The monoisotopic (exact) mass is 207 g/mol. The van der Waals surface area contributed by atoms with Crippen LogP contribution in [0.15, 0.2) is 30.5 Å². The van der Waals surface area contributed by atoms with Crippen molar-refractivity contribution in [1.82, 2.24) is 0 Å². The van der Waals surface area contributed by atoms with Crippen molar-refractivity contribution in [1.29, 1.82) is 0 Å². The van der Waals surface area contributed by atoms with E-state index in [2.05, 4.69) is 0 Å². The third-order valence-corrected chi connectivity index (χ3v) is 1.89. The Morgan fingerprint density at radius 3 is 2.20 bits per heavy atom. The van der Waals surface area contributed by atoms with Crippen molar-refractivity contribution in [3.63, 3.8) is 0 Å². The van der Waals surface area contributed by atoms with E-state index in [1.54, 1.807) is 19.1 Å². The smallest absolute Gasteiger partial charge is 0.335 e. The van der Waals surface area contributed by atoms with Gasteiger partial charge in [-0.1, -0.05) is 12.1 Å². The van der Waals surface area contributed by atoms with Crippen LogP contribution in [-0.2, 0) is 0 Å². The molecule has 1 aromatic carbocycles. The molecule has 1 rings (SSSR count). The summed E-state index contributed by atoms with van der Waals surface area (Å²) in [5.74, 6) is -1.02. The molecule has 0 aliphatic rings. The first kappa shape index (κ1) is 10.9. The average molecular weight is 207 g/mol. The van der Waals surface area contributed by atoms with Gasteiger partial charge in [-0.15, -0.1) is 0 Å². The Bertz CT molecular complexity index is 420. The van der Waals surface area contributed by atoms with E-state index < -0.39 is 10.9 Å². The van der Waals surface area contributed by atoms with Gasteiger partial charge in [-0.25, -0.2) is 4.79 Å². The quantitative estimate of drug-likeness (QED) is 0.607. The lowest BCUT2D eigenvalue weighted by Gasteiger charge is -1.99. The summed E-state index contributed by atoms with van der Waals surface area (Å²) in [5, 5.41) is 18.8. The van der Waals surface area contributed by atoms with Crippen molar-refractivity contribution in [2.24, 2.45) is 0 Å². The first-order valence-electron chi connectivity index (χ1n) is 4.16. The zero-order valence-corrected chi connectivity index (χ0v) is 8.01. The lowest BCUT2D eigenvalue weighted by atomic mass is 10.1. The number of hydrogen-bond acceptors (Lipinski definition) is 3. The second-order valence-electron chi connectivity index (χ2n) is 2.98. The van der Waals surface area contributed by atoms with Gasteiger partial charge in [0, 0.05) is 5.57 Å². The third-order valence-electron chi connectivity index (χ3n) is 1.89.